The predicted molar refractivity (Wildman–Crippen MR) is 74.3 cm³/mol. The maximum atomic E-state index is 11.7. The fraction of sp³-hybridized carbons (Fsp3) is 0.500. The third-order valence-corrected chi connectivity index (χ3v) is 3.24. The van der Waals surface area contributed by atoms with Gasteiger partial charge < -0.3 is 10.1 Å². The van der Waals surface area contributed by atoms with E-state index in [1.807, 2.05) is 32.9 Å². The van der Waals surface area contributed by atoms with Gasteiger partial charge >= 0.3 is 0 Å². The fourth-order valence-corrected chi connectivity index (χ4v) is 1.73. The van der Waals surface area contributed by atoms with E-state index in [9.17, 15) is 4.79 Å². The number of halogens is 1. The topological polar surface area (TPSA) is 38.3 Å². The summed E-state index contributed by atoms with van der Waals surface area (Å²) < 4.78 is 5.62. The van der Waals surface area contributed by atoms with Gasteiger partial charge in [0, 0.05) is 11.6 Å². The van der Waals surface area contributed by atoms with E-state index >= 15 is 0 Å². The molecule has 0 spiro atoms. The number of rotatable bonds is 5. The molecule has 1 aromatic rings. The molecule has 0 saturated heterocycles. The molecule has 1 amide bonds. The van der Waals surface area contributed by atoms with Crippen molar-refractivity contribution >= 4 is 17.5 Å². The highest BCUT2D eigenvalue weighted by Gasteiger charge is 2.14. The van der Waals surface area contributed by atoms with Crippen molar-refractivity contribution in [3.8, 4) is 5.75 Å². The van der Waals surface area contributed by atoms with Crippen LogP contribution in [0, 0.1) is 13.8 Å². The minimum Gasteiger partial charge on any atom is -0.481 e. The Morgan fingerprint density at radius 2 is 1.94 bits per heavy atom. The van der Waals surface area contributed by atoms with Crippen LogP contribution in [0.25, 0.3) is 0 Å². The number of amides is 1. The molecule has 100 valence electrons. The first-order chi connectivity index (χ1) is 8.45. The lowest BCUT2D eigenvalue weighted by molar-refractivity contribution is -0.127. The first-order valence-corrected chi connectivity index (χ1v) is 6.54. The van der Waals surface area contributed by atoms with Crippen LogP contribution in [-0.2, 0) is 4.79 Å². The highest BCUT2D eigenvalue weighted by Crippen LogP contribution is 2.26. The van der Waals surface area contributed by atoms with E-state index in [4.69, 9.17) is 16.3 Å². The quantitative estimate of drug-likeness (QED) is 0.891. The normalized spacial score (nSPS) is 12.1. The molecule has 1 N–H and O–H groups in total. The monoisotopic (exact) mass is 269 g/mol. The van der Waals surface area contributed by atoms with E-state index in [-0.39, 0.29) is 5.91 Å². The Morgan fingerprint density at radius 3 is 2.44 bits per heavy atom. The van der Waals surface area contributed by atoms with Crippen molar-refractivity contribution in [3.63, 3.8) is 0 Å². The molecule has 0 fully saturated rings. The zero-order valence-corrected chi connectivity index (χ0v) is 12.1. The molecule has 0 aromatic heterocycles. The van der Waals surface area contributed by atoms with Crippen molar-refractivity contribution in [2.45, 2.75) is 40.2 Å². The molecule has 3 nitrogen and oxygen atoms in total. The summed E-state index contributed by atoms with van der Waals surface area (Å²) in [6, 6.07) is 3.69. The second-order valence-corrected chi connectivity index (χ2v) is 4.80. The Bertz CT molecular complexity index is 409. The van der Waals surface area contributed by atoms with Crippen LogP contribution in [-0.4, -0.2) is 18.6 Å². The molecule has 0 aliphatic rings. The Kier molecular flexibility index (Phi) is 5.48. The Balaban J connectivity index is 2.70. The minimum atomic E-state index is -0.503. The number of hydrogen-bond donors (Lipinski definition) is 1. The molecule has 0 bridgehead atoms. The van der Waals surface area contributed by atoms with Gasteiger partial charge in [-0.25, -0.2) is 0 Å². The van der Waals surface area contributed by atoms with E-state index in [2.05, 4.69) is 5.32 Å². The standard InChI is InChI=1S/C14H20ClNO2/c1-5-6-16-14(17)11(4)18-12-7-9(2)13(15)10(3)8-12/h7-8,11H,5-6H2,1-4H3,(H,16,17). The Hall–Kier alpha value is -1.22. The Morgan fingerprint density at radius 1 is 1.39 bits per heavy atom. The van der Waals surface area contributed by atoms with Crippen LogP contribution in [0.5, 0.6) is 5.75 Å². The second kappa shape index (κ2) is 6.64. The number of carbonyl (C=O) groups is 1. The number of hydrogen-bond acceptors (Lipinski definition) is 2. The van der Waals surface area contributed by atoms with Crippen molar-refractivity contribution in [1.82, 2.24) is 5.32 Å². The lowest BCUT2D eigenvalue weighted by Crippen LogP contribution is -2.36. The molecule has 4 heteroatoms. The number of nitrogens with one attached hydrogen (secondary N) is 1. The highest BCUT2D eigenvalue weighted by molar-refractivity contribution is 6.32. The molecule has 0 saturated carbocycles. The third kappa shape index (κ3) is 3.91. The average molecular weight is 270 g/mol. The number of carbonyl (C=O) groups excluding carboxylic acids is 1. The molecular weight excluding hydrogens is 250 g/mol. The van der Waals surface area contributed by atoms with Crippen molar-refractivity contribution in [3.05, 3.63) is 28.3 Å². The van der Waals surface area contributed by atoms with E-state index in [1.54, 1.807) is 6.92 Å². The molecule has 18 heavy (non-hydrogen) atoms. The van der Waals surface area contributed by atoms with Gasteiger partial charge in [-0.2, -0.15) is 0 Å². The van der Waals surface area contributed by atoms with Crippen LogP contribution in [0.3, 0.4) is 0 Å². The third-order valence-electron chi connectivity index (χ3n) is 2.64. The smallest absolute Gasteiger partial charge is 0.260 e. The van der Waals surface area contributed by atoms with Gasteiger partial charge in [-0.3, -0.25) is 4.79 Å². The molecule has 1 atom stereocenters. The van der Waals surface area contributed by atoms with Gasteiger partial charge in [0.1, 0.15) is 5.75 Å². The maximum Gasteiger partial charge on any atom is 0.260 e. The highest BCUT2D eigenvalue weighted by atomic mass is 35.5. The van der Waals surface area contributed by atoms with Gasteiger partial charge in [-0.1, -0.05) is 18.5 Å². The predicted octanol–water partition coefficient (Wildman–Crippen LogP) is 3.25. The van der Waals surface area contributed by atoms with Crippen molar-refractivity contribution in [2.75, 3.05) is 6.54 Å². The van der Waals surface area contributed by atoms with Gasteiger partial charge in [0.15, 0.2) is 6.10 Å². The second-order valence-electron chi connectivity index (χ2n) is 4.42. The van der Waals surface area contributed by atoms with Crippen LogP contribution in [0.1, 0.15) is 31.4 Å². The first kappa shape index (κ1) is 14.8. The zero-order chi connectivity index (χ0) is 13.7. The molecular formula is C14H20ClNO2. The van der Waals surface area contributed by atoms with Crippen molar-refractivity contribution in [2.24, 2.45) is 0 Å². The lowest BCUT2D eigenvalue weighted by atomic mass is 10.1. The van der Waals surface area contributed by atoms with E-state index in [0.29, 0.717) is 12.3 Å². The molecule has 1 rings (SSSR count). The molecule has 0 aliphatic carbocycles. The fourth-order valence-electron chi connectivity index (χ4n) is 1.62. The van der Waals surface area contributed by atoms with E-state index < -0.39 is 6.10 Å². The molecule has 0 aliphatic heterocycles. The van der Waals surface area contributed by atoms with Gasteiger partial charge in [-0.15, -0.1) is 0 Å². The SMILES string of the molecule is CCCNC(=O)C(C)Oc1cc(C)c(Cl)c(C)c1. The van der Waals surface area contributed by atoms with E-state index in [0.717, 1.165) is 22.6 Å². The number of aryl methyl sites for hydroxylation is 2. The molecule has 0 heterocycles. The summed E-state index contributed by atoms with van der Waals surface area (Å²) in [6.07, 6.45) is 0.411. The van der Waals surface area contributed by atoms with E-state index in [1.165, 1.54) is 0 Å². The van der Waals surface area contributed by atoms with Crippen LogP contribution in [0.2, 0.25) is 5.02 Å². The summed E-state index contributed by atoms with van der Waals surface area (Å²) in [5, 5.41) is 3.54. The Labute approximate surface area is 113 Å². The first-order valence-electron chi connectivity index (χ1n) is 6.16. The molecule has 1 aromatic carbocycles. The lowest BCUT2D eigenvalue weighted by Gasteiger charge is -2.16. The van der Waals surface area contributed by atoms with Crippen LogP contribution >= 0.6 is 11.6 Å². The summed E-state index contributed by atoms with van der Waals surface area (Å²) in [5.41, 5.74) is 1.90. The summed E-state index contributed by atoms with van der Waals surface area (Å²) in [7, 11) is 0. The van der Waals surface area contributed by atoms with Crippen LogP contribution in [0.15, 0.2) is 12.1 Å². The van der Waals surface area contributed by atoms with Crippen LogP contribution < -0.4 is 10.1 Å². The minimum absolute atomic E-state index is 0.0953. The van der Waals surface area contributed by atoms with Crippen molar-refractivity contribution < 1.29 is 9.53 Å². The van der Waals surface area contributed by atoms with Gasteiger partial charge in [0.25, 0.3) is 5.91 Å². The maximum absolute atomic E-state index is 11.7. The average Bonchev–Trinajstić information content (AvgIpc) is 2.32. The number of benzene rings is 1. The summed E-state index contributed by atoms with van der Waals surface area (Å²) >= 11 is 6.08. The number of ether oxygens (including phenoxy) is 1. The summed E-state index contributed by atoms with van der Waals surface area (Å²) in [6.45, 7) is 8.27. The van der Waals surface area contributed by atoms with Crippen LogP contribution in [0.4, 0.5) is 0 Å². The van der Waals surface area contributed by atoms with Gasteiger partial charge in [0.2, 0.25) is 0 Å². The molecule has 0 radical (unpaired) electrons. The largest absolute Gasteiger partial charge is 0.481 e. The van der Waals surface area contributed by atoms with Crippen molar-refractivity contribution in [1.29, 1.82) is 0 Å². The summed E-state index contributed by atoms with van der Waals surface area (Å²) in [4.78, 5) is 11.7. The van der Waals surface area contributed by atoms with Gasteiger partial charge in [0.05, 0.1) is 0 Å². The van der Waals surface area contributed by atoms with Gasteiger partial charge in [-0.05, 0) is 50.5 Å². The molecule has 1 unspecified atom stereocenters. The summed E-state index contributed by atoms with van der Waals surface area (Å²) in [5.74, 6) is 0.579. The zero-order valence-electron chi connectivity index (χ0n) is 11.3.